The molecule has 2 aromatic rings. The van der Waals surface area contributed by atoms with E-state index in [-0.39, 0.29) is 18.3 Å². The highest BCUT2D eigenvalue weighted by Crippen LogP contribution is 2.38. The first-order valence-electron chi connectivity index (χ1n) is 10.1. The Balaban J connectivity index is 1.87. The predicted octanol–water partition coefficient (Wildman–Crippen LogP) is 5.88. The van der Waals surface area contributed by atoms with Crippen molar-refractivity contribution in [2.45, 2.75) is 27.4 Å². The molecule has 0 spiro atoms. The Hall–Kier alpha value is -2.32. The number of hydrogen-bond donors (Lipinski definition) is 0. The summed E-state index contributed by atoms with van der Waals surface area (Å²) in [6.45, 7) is 7.72. The first-order chi connectivity index (χ1) is 15.0. The van der Waals surface area contributed by atoms with E-state index in [2.05, 4.69) is 20.9 Å². The third-order valence-corrected chi connectivity index (χ3v) is 6.19. The quantitative estimate of drug-likeness (QED) is 0.419. The molecule has 0 saturated carbocycles. The maximum atomic E-state index is 13.1. The summed E-state index contributed by atoms with van der Waals surface area (Å²) in [5.74, 6) is 0.798. The summed E-state index contributed by atoms with van der Waals surface area (Å²) in [7, 11) is 0. The van der Waals surface area contributed by atoms with Crippen molar-refractivity contribution >= 4 is 44.8 Å². The third kappa shape index (κ3) is 5.68. The van der Waals surface area contributed by atoms with E-state index in [4.69, 9.17) is 9.47 Å². The zero-order chi connectivity index (χ0) is 22.4. The highest BCUT2D eigenvalue weighted by atomic mass is 79.9. The van der Waals surface area contributed by atoms with Crippen LogP contribution in [0.4, 0.5) is 4.39 Å². The second kappa shape index (κ2) is 10.8. The minimum absolute atomic E-state index is 0.0544. The number of benzene rings is 2. The number of thioether (sulfide) groups is 1. The fraction of sp³-hybridized carbons (Fsp3) is 0.304. The highest BCUT2D eigenvalue weighted by molar-refractivity contribution is 9.10. The largest absolute Gasteiger partial charge is 0.490 e. The highest BCUT2D eigenvalue weighted by Gasteiger charge is 2.32. The molecule has 0 aliphatic carbocycles. The van der Waals surface area contributed by atoms with Crippen molar-refractivity contribution in [1.29, 1.82) is 0 Å². The van der Waals surface area contributed by atoms with Gasteiger partial charge in [0, 0.05) is 17.6 Å². The second-order valence-corrected chi connectivity index (χ2v) is 8.45. The molecule has 1 amide bonds. The van der Waals surface area contributed by atoms with Crippen LogP contribution >= 0.6 is 27.7 Å². The number of likely N-dealkylation sites (N-methyl/N-ethyl adjacent to an activating group) is 1. The Morgan fingerprint density at radius 3 is 2.48 bits per heavy atom. The molecule has 0 unspecified atom stereocenters. The van der Waals surface area contributed by atoms with E-state index in [9.17, 15) is 9.18 Å². The van der Waals surface area contributed by atoms with Crippen molar-refractivity contribution in [2.75, 3.05) is 19.7 Å². The standard InChI is InChI=1S/C23H24BrFN2O3S/c1-4-26-23-27(5-2)22(28)21(31-23)12-16-11-19(29-6-3)20(13-18(16)24)30-14-15-7-9-17(25)10-8-15/h7-13H,4-6,14H2,1-3H3/b21-12-,26-23?. The van der Waals surface area contributed by atoms with Gasteiger partial charge in [-0.05, 0) is 74.0 Å². The Morgan fingerprint density at radius 1 is 1.13 bits per heavy atom. The van der Waals surface area contributed by atoms with Gasteiger partial charge in [0.25, 0.3) is 5.91 Å². The van der Waals surface area contributed by atoms with Crippen LogP contribution in [-0.2, 0) is 11.4 Å². The van der Waals surface area contributed by atoms with Crippen LogP contribution in [0.1, 0.15) is 31.9 Å². The van der Waals surface area contributed by atoms with Gasteiger partial charge in [-0.25, -0.2) is 4.39 Å². The normalized spacial score (nSPS) is 16.4. The maximum absolute atomic E-state index is 13.1. The zero-order valence-corrected chi connectivity index (χ0v) is 20.1. The summed E-state index contributed by atoms with van der Waals surface area (Å²) in [5, 5.41) is 0.724. The lowest BCUT2D eigenvalue weighted by atomic mass is 10.1. The zero-order valence-electron chi connectivity index (χ0n) is 17.7. The van der Waals surface area contributed by atoms with Crippen LogP contribution in [0.15, 0.2) is 50.8 Å². The molecule has 0 bridgehead atoms. The molecule has 164 valence electrons. The molecule has 8 heteroatoms. The van der Waals surface area contributed by atoms with Gasteiger partial charge in [-0.1, -0.05) is 28.1 Å². The van der Waals surface area contributed by atoms with Gasteiger partial charge in [-0.3, -0.25) is 14.7 Å². The Bertz CT molecular complexity index is 1010. The lowest BCUT2D eigenvalue weighted by molar-refractivity contribution is -0.122. The maximum Gasteiger partial charge on any atom is 0.266 e. The first kappa shape index (κ1) is 23.3. The summed E-state index contributed by atoms with van der Waals surface area (Å²) in [6.07, 6.45) is 1.84. The molecule has 0 atom stereocenters. The molecule has 0 aromatic heterocycles. The minimum atomic E-state index is -0.285. The molecule has 0 radical (unpaired) electrons. The molecule has 1 aliphatic rings. The number of aliphatic imine (C=N–C) groups is 1. The number of hydrogen-bond acceptors (Lipinski definition) is 5. The Morgan fingerprint density at radius 2 is 1.84 bits per heavy atom. The monoisotopic (exact) mass is 506 g/mol. The van der Waals surface area contributed by atoms with E-state index < -0.39 is 0 Å². The fourth-order valence-corrected chi connectivity index (χ4v) is 4.50. The van der Waals surface area contributed by atoms with Gasteiger partial charge in [0.15, 0.2) is 16.7 Å². The van der Waals surface area contributed by atoms with Crippen molar-refractivity contribution in [3.8, 4) is 11.5 Å². The van der Waals surface area contributed by atoms with Gasteiger partial charge >= 0.3 is 0 Å². The van der Waals surface area contributed by atoms with Crippen molar-refractivity contribution in [1.82, 2.24) is 4.90 Å². The lowest BCUT2D eigenvalue weighted by Gasteiger charge is -2.14. The summed E-state index contributed by atoms with van der Waals surface area (Å²) in [4.78, 5) is 19.5. The van der Waals surface area contributed by atoms with Gasteiger partial charge in [0.05, 0.1) is 11.5 Å². The molecule has 1 fully saturated rings. The molecular weight excluding hydrogens is 483 g/mol. The average molecular weight is 507 g/mol. The van der Waals surface area contributed by atoms with Crippen molar-refractivity contribution < 1.29 is 18.7 Å². The van der Waals surface area contributed by atoms with Gasteiger partial charge in [-0.2, -0.15) is 0 Å². The van der Waals surface area contributed by atoms with Crippen LogP contribution in [0.3, 0.4) is 0 Å². The first-order valence-corrected chi connectivity index (χ1v) is 11.7. The van der Waals surface area contributed by atoms with E-state index in [1.807, 2.05) is 39.0 Å². The summed E-state index contributed by atoms with van der Waals surface area (Å²) in [6, 6.07) is 9.84. The van der Waals surface area contributed by atoms with E-state index in [1.165, 1.54) is 23.9 Å². The van der Waals surface area contributed by atoms with Gasteiger partial charge in [0.1, 0.15) is 12.4 Å². The molecule has 3 rings (SSSR count). The fourth-order valence-electron chi connectivity index (χ4n) is 2.97. The number of amides is 1. The van der Waals surface area contributed by atoms with Crippen LogP contribution in [0.25, 0.3) is 6.08 Å². The molecule has 1 saturated heterocycles. The Kier molecular flexibility index (Phi) is 8.15. The van der Waals surface area contributed by atoms with Gasteiger partial charge < -0.3 is 9.47 Å². The predicted molar refractivity (Wildman–Crippen MR) is 127 cm³/mol. The number of halogens is 2. The average Bonchev–Trinajstić information content (AvgIpc) is 3.05. The molecule has 0 N–H and O–H groups in total. The van der Waals surface area contributed by atoms with Crippen LogP contribution in [0, 0.1) is 5.82 Å². The van der Waals surface area contributed by atoms with Crippen LogP contribution < -0.4 is 9.47 Å². The molecule has 31 heavy (non-hydrogen) atoms. The molecule has 2 aromatic carbocycles. The Labute approximate surface area is 194 Å². The number of carbonyl (C=O) groups is 1. The number of rotatable bonds is 8. The molecule has 5 nitrogen and oxygen atoms in total. The van der Waals surface area contributed by atoms with Gasteiger partial charge in [-0.15, -0.1) is 0 Å². The number of ether oxygens (including phenoxy) is 2. The molecular formula is C23H24BrFN2O3S. The summed E-state index contributed by atoms with van der Waals surface area (Å²) >= 11 is 4.95. The van der Waals surface area contributed by atoms with E-state index >= 15 is 0 Å². The van der Waals surface area contributed by atoms with E-state index in [0.717, 1.165) is 20.8 Å². The van der Waals surface area contributed by atoms with E-state index in [0.29, 0.717) is 36.1 Å². The minimum Gasteiger partial charge on any atom is -0.490 e. The second-order valence-electron chi connectivity index (χ2n) is 6.59. The van der Waals surface area contributed by atoms with Gasteiger partial charge in [0.2, 0.25) is 0 Å². The van der Waals surface area contributed by atoms with Crippen LogP contribution in [0.5, 0.6) is 11.5 Å². The van der Waals surface area contributed by atoms with Crippen LogP contribution in [0.2, 0.25) is 0 Å². The molecule has 1 aliphatic heterocycles. The number of amidine groups is 1. The number of nitrogens with zero attached hydrogens (tertiary/aromatic N) is 2. The van der Waals surface area contributed by atoms with Crippen molar-refractivity contribution in [3.63, 3.8) is 0 Å². The van der Waals surface area contributed by atoms with Crippen LogP contribution in [-0.4, -0.2) is 35.7 Å². The summed E-state index contributed by atoms with van der Waals surface area (Å²) < 4.78 is 25.6. The van der Waals surface area contributed by atoms with Crippen molar-refractivity contribution in [2.24, 2.45) is 4.99 Å². The third-order valence-electron chi connectivity index (χ3n) is 4.45. The summed E-state index contributed by atoms with van der Waals surface area (Å²) in [5.41, 5.74) is 1.66. The SMILES string of the molecule is CCN=C1S/C(=C\c2cc(OCC)c(OCc3ccc(F)cc3)cc2Br)C(=O)N1CC. The topological polar surface area (TPSA) is 51.1 Å². The molecule has 1 heterocycles. The smallest absolute Gasteiger partial charge is 0.266 e. The lowest BCUT2D eigenvalue weighted by Crippen LogP contribution is -2.28. The van der Waals surface area contributed by atoms with Crippen molar-refractivity contribution in [3.05, 3.63) is 62.7 Å². The van der Waals surface area contributed by atoms with E-state index in [1.54, 1.807) is 17.0 Å². The number of carbonyl (C=O) groups excluding carboxylic acids is 1.